The summed E-state index contributed by atoms with van der Waals surface area (Å²) in [6.07, 6.45) is 1.73. The Morgan fingerprint density at radius 1 is 1.21 bits per heavy atom. The molecule has 2 aromatic carbocycles. The number of aromatic nitrogens is 1. The highest BCUT2D eigenvalue weighted by molar-refractivity contribution is 8.13. The van der Waals surface area contributed by atoms with E-state index in [9.17, 15) is 13.6 Å². The molecule has 2 aliphatic heterocycles. The maximum absolute atomic E-state index is 15.0. The lowest BCUT2D eigenvalue weighted by Crippen LogP contribution is -2.49. The van der Waals surface area contributed by atoms with Gasteiger partial charge in [0.1, 0.15) is 29.0 Å². The lowest BCUT2D eigenvalue weighted by atomic mass is 9.75. The number of carbonyl (C=O) groups is 1. The molecule has 0 radical (unpaired) electrons. The Hall–Kier alpha value is -3.04. The summed E-state index contributed by atoms with van der Waals surface area (Å²) in [5.41, 5.74) is -0.382. The van der Waals surface area contributed by atoms with E-state index in [-0.39, 0.29) is 24.0 Å². The van der Waals surface area contributed by atoms with E-state index in [1.54, 1.807) is 37.4 Å². The van der Waals surface area contributed by atoms with E-state index in [1.807, 2.05) is 6.07 Å². The highest BCUT2D eigenvalue weighted by Gasteiger charge is 2.50. The van der Waals surface area contributed by atoms with Crippen molar-refractivity contribution in [3.05, 3.63) is 89.1 Å². The third kappa shape index (κ3) is 4.18. The fraction of sp³-hybridized carbons (Fsp3) is 0.292. The Bertz CT molecular complexity index is 1220. The van der Waals surface area contributed by atoms with Gasteiger partial charge in [-0.1, -0.05) is 36.0 Å². The first-order valence-electron chi connectivity index (χ1n) is 10.5. The third-order valence-corrected chi connectivity index (χ3v) is 7.01. The number of nitrogens with zero attached hydrogens (tertiary/aromatic N) is 2. The van der Waals surface area contributed by atoms with E-state index < -0.39 is 23.3 Å². The van der Waals surface area contributed by atoms with Gasteiger partial charge in [-0.05, 0) is 31.5 Å². The molecule has 6 nitrogen and oxygen atoms in total. The van der Waals surface area contributed by atoms with Crippen LogP contribution in [0.4, 0.5) is 8.78 Å². The molecule has 1 fully saturated rings. The van der Waals surface area contributed by atoms with Crippen LogP contribution in [0.5, 0.6) is 0 Å². The Morgan fingerprint density at radius 3 is 2.76 bits per heavy atom. The molecule has 1 amide bonds. The molecule has 1 N–H and O–H groups in total. The predicted molar refractivity (Wildman–Crippen MR) is 120 cm³/mol. The fourth-order valence-corrected chi connectivity index (χ4v) is 5.47. The molecule has 1 saturated heterocycles. The Balaban J connectivity index is 1.50. The van der Waals surface area contributed by atoms with Crippen LogP contribution in [0.25, 0.3) is 0 Å². The molecule has 5 rings (SSSR count). The van der Waals surface area contributed by atoms with Crippen LogP contribution in [0.1, 0.15) is 40.1 Å². The average Bonchev–Trinajstić information content (AvgIpc) is 3.25. The van der Waals surface area contributed by atoms with E-state index in [1.165, 1.54) is 23.9 Å². The van der Waals surface area contributed by atoms with Crippen LogP contribution in [0, 0.1) is 24.5 Å². The number of aryl methyl sites for hydroxylation is 1. The summed E-state index contributed by atoms with van der Waals surface area (Å²) in [6.45, 7) is 1.84. The molecule has 3 heterocycles. The van der Waals surface area contributed by atoms with Gasteiger partial charge in [0.05, 0.1) is 12.8 Å². The number of hydrogen-bond donors (Lipinski definition) is 1. The Labute approximate surface area is 193 Å². The van der Waals surface area contributed by atoms with Crippen molar-refractivity contribution >= 4 is 22.8 Å². The maximum atomic E-state index is 15.0. The summed E-state index contributed by atoms with van der Waals surface area (Å²) < 4.78 is 40.4. The van der Waals surface area contributed by atoms with Gasteiger partial charge in [-0.15, -0.1) is 0 Å². The summed E-state index contributed by atoms with van der Waals surface area (Å²) in [5, 5.41) is 3.20. The molecule has 9 heteroatoms. The lowest BCUT2D eigenvalue weighted by molar-refractivity contribution is -0.0700. The minimum absolute atomic E-state index is 0.0393. The molecule has 0 aliphatic carbocycles. The van der Waals surface area contributed by atoms with E-state index in [2.05, 4.69) is 10.3 Å². The van der Waals surface area contributed by atoms with Crippen LogP contribution in [0.15, 0.2) is 64.1 Å². The number of thioether (sulfide) groups is 1. The molecule has 0 saturated carbocycles. The first kappa shape index (κ1) is 21.8. The number of carbonyl (C=O) groups excluding carboxylic acids is 1. The van der Waals surface area contributed by atoms with E-state index in [0.717, 1.165) is 6.07 Å². The van der Waals surface area contributed by atoms with Gasteiger partial charge in [-0.25, -0.2) is 18.8 Å². The normalized spacial score (nSPS) is 24.6. The van der Waals surface area contributed by atoms with Crippen LogP contribution in [-0.4, -0.2) is 28.4 Å². The molecule has 0 spiro atoms. The molecular weight excluding hydrogens is 448 g/mol. The van der Waals surface area contributed by atoms with Gasteiger partial charge in [0, 0.05) is 28.9 Å². The SMILES string of the molecule is Cc1cnc([C@H]2C[C@H]3CSC(NC(=O)c4ccccc4)=N[C@@]3(c3ccc(F)cc3F)CO2)o1. The molecule has 3 atom stereocenters. The number of oxazole rings is 1. The standard InChI is InChI=1S/C24H21F2N3O3S/c1-14-11-27-22(32-14)20-9-16-12-33-23(28-21(30)15-5-3-2-4-6-15)29-24(16,13-31-20)18-8-7-17(25)10-19(18)26/h2-8,10-11,16,20H,9,12-13H2,1H3,(H,28,29,30)/t16-,20+,24-/m0/s1. The van der Waals surface area contributed by atoms with Crippen molar-refractivity contribution in [1.29, 1.82) is 0 Å². The van der Waals surface area contributed by atoms with Crippen LogP contribution in [0.3, 0.4) is 0 Å². The molecule has 0 unspecified atom stereocenters. The summed E-state index contributed by atoms with van der Waals surface area (Å²) in [5.74, 6) is -0.107. The summed E-state index contributed by atoms with van der Waals surface area (Å²) in [7, 11) is 0. The van der Waals surface area contributed by atoms with Gasteiger partial charge in [-0.2, -0.15) is 0 Å². The zero-order chi connectivity index (χ0) is 23.0. The lowest BCUT2D eigenvalue weighted by Gasteiger charge is -2.46. The van der Waals surface area contributed by atoms with E-state index >= 15 is 0 Å². The monoisotopic (exact) mass is 469 g/mol. The van der Waals surface area contributed by atoms with E-state index in [0.29, 0.717) is 34.6 Å². The molecule has 3 aromatic rings. The number of halogens is 2. The minimum Gasteiger partial charge on any atom is -0.443 e. The zero-order valence-corrected chi connectivity index (χ0v) is 18.6. The predicted octanol–water partition coefficient (Wildman–Crippen LogP) is 4.77. The molecule has 170 valence electrons. The van der Waals surface area contributed by atoms with Crippen molar-refractivity contribution in [2.75, 3.05) is 12.4 Å². The second kappa shape index (κ2) is 8.72. The maximum Gasteiger partial charge on any atom is 0.257 e. The number of aliphatic imine (C=N–C) groups is 1. The number of amides is 1. The first-order valence-corrected chi connectivity index (χ1v) is 11.5. The number of rotatable bonds is 3. The quantitative estimate of drug-likeness (QED) is 0.598. The van der Waals surface area contributed by atoms with Crippen molar-refractivity contribution in [2.45, 2.75) is 25.0 Å². The highest BCUT2D eigenvalue weighted by atomic mass is 32.2. The Morgan fingerprint density at radius 2 is 2.03 bits per heavy atom. The third-order valence-electron chi connectivity index (χ3n) is 5.97. The molecule has 0 bridgehead atoms. The summed E-state index contributed by atoms with van der Waals surface area (Å²) in [4.78, 5) is 21.8. The fourth-order valence-electron chi connectivity index (χ4n) is 4.30. The van der Waals surface area contributed by atoms with E-state index in [4.69, 9.17) is 14.1 Å². The first-order chi connectivity index (χ1) is 15.9. The van der Waals surface area contributed by atoms with Crippen molar-refractivity contribution in [3.63, 3.8) is 0 Å². The van der Waals surface area contributed by atoms with Gasteiger partial charge in [0.15, 0.2) is 5.17 Å². The van der Waals surface area contributed by atoms with Crippen molar-refractivity contribution in [2.24, 2.45) is 10.9 Å². The van der Waals surface area contributed by atoms with Gasteiger partial charge in [0.2, 0.25) is 5.89 Å². The molecule has 1 aromatic heterocycles. The van der Waals surface area contributed by atoms with Gasteiger partial charge in [-0.3, -0.25) is 4.79 Å². The molecule has 33 heavy (non-hydrogen) atoms. The van der Waals surface area contributed by atoms with Gasteiger partial charge >= 0.3 is 0 Å². The number of nitrogens with one attached hydrogen (secondary N) is 1. The number of amidine groups is 1. The molecule has 2 aliphatic rings. The van der Waals surface area contributed by atoms with Crippen molar-refractivity contribution < 1.29 is 22.7 Å². The van der Waals surface area contributed by atoms with Crippen LogP contribution in [-0.2, 0) is 10.3 Å². The zero-order valence-electron chi connectivity index (χ0n) is 17.8. The van der Waals surface area contributed by atoms with Crippen molar-refractivity contribution in [3.8, 4) is 0 Å². The number of hydrogen-bond acceptors (Lipinski definition) is 6. The average molecular weight is 470 g/mol. The second-order valence-electron chi connectivity index (χ2n) is 8.14. The Kier molecular flexibility index (Phi) is 5.76. The van der Waals surface area contributed by atoms with Gasteiger partial charge < -0.3 is 14.5 Å². The van der Waals surface area contributed by atoms with Crippen LogP contribution >= 0.6 is 11.8 Å². The second-order valence-corrected chi connectivity index (χ2v) is 9.15. The molecular formula is C24H21F2N3O3S. The van der Waals surface area contributed by atoms with Crippen LogP contribution in [0.2, 0.25) is 0 Å². The highest BCUT2D eigenvalue weighted by Crippen LogP contribution is 2.49. The number of fused-ring (bicyclic) bond motifs is 1. The van der Waals surface area contributed by atoms with Gasteiger partial charge in [0.25, 0.3) is 5.91 Å². The van der Waals surface area contributed by atoms with Crippen LogP contribution < -0.4 is 5.32 Å². The van der Waals surface area contributed by atoms with Crippen molar-refractivity contribution in [1.82, 2.24) is 10.3 Å². The minimum atomic E-state index is -1.11. The number of benzene rings is 2. The topological polar surface area (TPSA) is 76.7 Å². The number of ether oxygens (including phenoxy) is 1. The summed E-state index contributed by atoms with van der Waals surface area (Å²) >= 11 is 1.39. The summed E-state index contributed by atoms with van der Waals surface area (Å²) in [6, 6.07) is 12.3. The smallest absolute Gasteiger partial charge is 0.257 e. The largest absolute Gasteiger partial charge is 0.443 e.